The smallest absolute Gasteiger partial charge is 0.0713 e. The van der Waals surface area contributed by atoms with Crippen LogP contribution in [0.5, 0.6) is 0 Å². The first-order chi connectivity index (χ1) is 9.29. The van der Waals surface area contributed by atoms with Gasteiger partial charge in [0.05, 0.1) is 5.60 Å². The minimum absolute atomic E-state index is 0.231. The molecule has 0 radical (unpaired) electrons. The number of hydrogen-bond acceptors (Lipinski definition) is 4. The molecule has 0 aromatic heterocycles. The van der Waals surface area contributed by atoms with E-state index in [1.165, 1.54) is 63.1 Å². The molecule has 3 aliphatic heterocycles. The minimum Gasteiger partial charge on any atom is -0.375 e. The van der Waals surface area contributed by atoms with Crippen molar-refractivity contribution in [3.63, 3.8) is 0 Å². The minimum atomic E-state index is 0.231. The second kappa shape index (κ2) is 6.33. The Bertz CT molecular complexity index is 282. The topological polar surface area (TPSA) is 24.5 Å². The number of ether oxygens (including phenoxy) is 1. The first kappa shape index (κ1) is 14.2. The molecule has 3 rings (SSSR count). The molecule has 1 N–H and O–H groups in total. The van der Waals surface area contributed by atoms with Gasteiger partial charge < -0.3 is 15.0 Å². The molecule has 0 saturated carbocycles. The largest absolute Gasteiger partial charge is 0.375 e. The van der Waals surface area contributed by atoms with Gasteiger partial charge in [-0.3, -0.25) is 0 Å². The van der Waals surface area contributed by atoms with Crippen LogP contribution in [0.4, 0.5) is 0 Å². The Kier molecular flexibility index (Phi) is 4.73. The molecule has 0 aromatic carbocycles. The SMILES string of the molecule is CN(C1CCNCC1)C1CCOC2(CCSCC2)C1. The Balaban J connectivity index is 1.60. The van der Waals surface area contributed by atoms with Crippen LogP contribution in [0, 0.1) is 0 Å². The van der Waals surface area contributed by atoms with Gasteiger partial charge in [0.15, 0.2) is 0 Å². The van der Waals surface area contributed by atoms with Gasteiger partial charge in [-0.25, -0.2) is 0 Å². The molecule has 0 bridgehead atoms. The molecular weight excluding hydrogens is 256 g/mol. The quantitative estimate of drug-likeness (QED) is 0.839. The van der Waals surface area contributed by atoms with E-state index in [4.69, 9.17) is 4.74 Å². The summed E-state index contributed by atoms with van der Waals surface area (Å²) in [6, 6.07) is 1.54. The van der Waals surface area contributed by atoms with Crippen molar-refractivity contribution in [3.8, 4) is 0 Å². The summed E-state index contributed by atoms with van der Waals surface area (Å²) in [6.07, 6.45) is 7.68. The van der Waals surface area contributed by atoms with E-state index in [1.54, 1.807) is 0 Å². The Morgan fingerprint density at radius 2 is 1.84 bits per heavy atom. The fourth-order valence-electron chi connectivity index (χ4n) is 3.95. The summed E-state index contributed by atoms with van der Waals surface area (Å²) >= 11 is 2.10. The molecule has 3 fully saturated rings. The van der Waals surface area contributed by atoms with Gasteiger partial charge in [-0.05, 0) is 70.2 Å². The number of nitrogens with zero attached hydrogens (tertiary/aromatic N) is 1. The van der Waals surface area contributed by atoms with Gasteiger partial charge in [-0.2, -0.15) is 11.8 Å². The first-order valence-electron chi connectivity index (χ1n) is 7.93. The van der Waals surface area contributed by atoms with Crippen molar-refractivity contribution >= 4 is 11.8 Å². The van der Waals surface area contributed by atoms with Gasteiger partial charge in [-0.15, -0.1) is 0 Å². The summed E-state index contributed by atoms with van der Waals surface area (Å²) in [7, 11) is 2.36. The fraction of sp³-hybridized carbons (Fsp3) is 1.00. The van der Waals surface area contributed by atoms with E-state index in [9.17, 15) is 0 Å². The molecule has 3 nitrogen and oxygen atoms in total. The zero-order valence-corrected chi connectivity index (χ0v) is 13.0. The highest BCUT2D eigenvalue weighted by molar-refractivity contribution is 7.99. The number of hydrogen-bond donors (Lipinski definition) is 1. The standard InChI is InChI=1S/C15H28N2OS/c1-17(13-2-7-16-8-3-13)14-4-9-18-15(12-14)5-10-19-11-6-15/h13-14,16H,2-12H2,1H3. The molecule has 0 aromatic rings. The third kappa shape index (κ3) is 3.29. The summed E-state index contributed by atoms with van der Waals surface area (Å²) < 4.78 is 6.22. The van der Waals surface area contributed by atoms with Crippen molar-refractivity contribution in [2.24, 2.45) is 0 Å². The molecule has 19 heavy (non-hydrogen) atoms. The first-order valence-corrected chi connectivity index (χ1v) is 9.09. The molecule has 4 heteroatoms. The zero-order valence-electron chi connectivity index (χ0n) is 12.2. The van der Waals surface area contributed by atoms with Gasteiger partial charge in [0.2, 0.25) is 0 Å². The van der Waals surface area contributed by atoms with Crippen molar-refractivity contribution in [2.75, 3.05) is 38.2 Å². The predicted octanol–water partition coefficient (Wildman–Crippen LogP) is 2.11. The van der Waals surface area contributed by atoms with E-state index in [1.807, 2.05) is 0 Å². The van der Waals surface area contributed by atoms with Gasteiger partial charge in [0.1, 0.15) is 0 Å². The van der Waals surface area contributed by atoms with Crippen molar-refractivity contribution in [3.05, 3.63) is 0 Å². The highest BCUT2D eigenvalue weighted by atomic mass is 32.2. The summed E-state index contributed by atoms with van der Waals surface area (Å²) in [5.74, 6) is 2.59. The Morgan fingerprint density at radius 3 is 2.58 bits per heavy atom. The van der Waals surface area contributed by atoms with E-state index in [2.05, 4.69) is 29.0 Å². The number of thioether (sulfide) groups is 1. The van der Waals surface area contributed by atoms with Gasteiger partial charge in [0.25, 0.3) is 0 Å². The summed E-state index contributed by atoms with van der Waals surface area (Å²) in [6.45, 7) is 3.37. The van der Waals surface area contributed by atoms with E-state index in [0.29, 0.717) is 0 Å². The average Bonchev–Trinajstić information content (AvgIpc) is 2.48. The average molecular weight is 284 g/mol. The lowest BCUT2D eigenvalue weighted by molar-refractivity contribution is -0.112. The van der Waals surface area contributed by atoms with Crippen LogP contribution in [0.15, 0.2) is 0 Å². The van der Waals surface area contributed by atoms with Crippen LogP contribution in [0.25, 0.3) is 0 Å². The normalized spacial score (nSPS) is 32.8. The van der Waals surface area contributed by atoms with E-state index in [0.717, 1.165) is 18.7 Å². The monoisotopic (exact) mass is 284 g/mol. The van der Waals surface area contributed by atoms with Crippen LogP contribution in [-0.4, -0.2) is 60.8 Å². The van der Waals surface area contributed by atoms with Crippen LogP contribution in [0.2, 0.25) is 0 Å². The molecule has 3 saturated heterocycles. The van der Waals surface area contributed by atoms with Crippen LogP contribution in [0.3, 0.4) is 0 Å². The van der Waals surface area contributed by atoms with Gasteiger partial charge >= 0.3 is 0 Å². The third-order valence-corrected chi connectivity index (χ3v) is 6.32. The summed E-state index contributed by atoms with van der Waals surface area (Å²) in [4.78, 5) is 2.69. The molecule has 1 atom stereocenters. The van der Waals surface area contributed by atoms with Gasteiger partial charge in [-0.1, -0.05) is 0 Å². The van der Waals surface area contributed by atoms with Crippen LogP contribution in [-0.2, 0) is 4.74 Å². The lowest BCUT2D eigenvalue weighted by Gasteiger charge is -2.47. The predicted molar refractivity (Wildman–Crippen MR) is 81.9 cm³/mol. The third-order valence-electron chi connectivity index (χ3n) is 5.33. The summed E-state index contributed by atoms with van der Waals surface area (Å²) in [5.41, 5.74) is 0.231. The van der Waals surface area contributed by atoms with Crippen molar-refractivity contribution in [1.82, 2.24) is 10.2 Å². The van der Waals surface area contributed by atoms with Gasteiger partial charge in [0, 0.05) is 18.7 Å². The van der Waals surface area contributed by atoms with E-state index < -0.39 is 0 Å². The van der Waals surface area contributed by atoms with Crippen molar-refractivity contribution < 1.29 is 4.74 Å². The number of rotatable bonds is 2. The maximum absolute atomic E-state index is 6.22. The van der Waals surface area contributed by atoms with Crippen LogP contribution >= 0.6 is 11.8 Å². The number of piperidine rings is 1. The highest BCUT2D eigenvalue weighted by Gasteiger charge is 2.40. The molecule has 0 amide bonds. The van der Waals surface area contributed by atoms with Crippen molar-refractivity contribution in [2.45, 2.75) is 56.2 Å². The second-order valence-electron chi connectivity index (χ2n) is 6.44. The van der Waals surface area contributed by atoms with Crippen LogP contribution in [0.1, 0.15) is 38.5 Å². The lowest BCUT2D eigenvalue weighted by atomic mass is 9.84. The van der Waals surface area contributed by atoms with E-state index >= 15 is 0 Å². The molecule has 110 valence electrons. The number of nitrogens with one attached hydrogen (secondary N) is 1. The Labute approximate surface area is 121 Å². The fourth-order valence-corrected chi connectivity index (χ4v) is 5.19. The maximum Gasteiger partial charge on any atom is 0.0713 e. The summed E-state index contributed by atoms with van der Waals surface area (Å²) in [5, 5.41) is 3.48. The zero-order chi connectivity index (χ0) is 13.1. The molecule has 0 aliphatic carbocycles. The Hall–Kier alpha value is 0.230. The molecule has 1 spiro atoms. The highest BCUT2D eigenvalue weighted by Crippen LogP contribution is 2.39. The van der Waals surface area contributed by atoms with Crippen LogP contribution < -0.4 is 5.32 Å². The molecular formula is C15H28N2OS. The molecule has 3 heterocycles. The Morgan fingerprint density at radius 1 is 1.11 bits per heavy atom. The van der Waals surface area contributed by atoms with Crippen molar-refractivity contribution in [1.29, 1.82) is 0 Å². The lowest BCUT2D eigenvalue weighted by Crippen LogP contribution is -2.53. The van der Waals surface area contributed by atoms with E-state index in [-0.39, 0.29) is 5.60 Å². The maximum atomic E-state index is 6.22. The molecule has 3 aliphatic rings. The second-order valence-corrected chi connectivity index (χ2v) is 7.66. The molecule has 1 unspecified atom stereocenters.